The van der Waals surface area contributed by atoms with E-state index in [-0.39, 0.29) is 0 Å². The number of para-hydroxylation sites is 2. The highest BCUT2D eigenvalue weighted by molar-refractivity contribution is 6.27. The van der Waals surface area contributed by atoms with Gasteiger partial charge in [0.05, 0.1) is 16.4 Å². The molecule has 0 fully saturated rings. The van der Waals surface area contributed by atoms with Gasteiger partial charge in [-0.05, 0) is 128 Å². The molecule has 0 N–H and O–H groups in total. The third-order valence-electron chi connectivity index (χ3n) is 13.7. The van der Waals surface area contributed by atoms with Gasteiger partial charge in [-0.3, -0.25) is 0 Å². The highest BCUT2D eigenvalue weighted by atomic mass is 16.3. The van der Waals surface area contributed by atoms with Crippen molar-refractivity contribution in [3.05, 3.63) is 241 Å². The van der Waals surface area contributed by atoms with Crippen LogP contribution in [0.2, 0.25) is 0 Å². The summed E-state index contributed by atoms with van der Waals surface area (Å²) >= 11 is 0. The molecule has 0 atom stereocenters. The van der Waals surface area contributed by atoms with Crippen molar-refractivity contribution < 1.29 is 4.42 Å². The first-order valence-electron chi connectivity index (χ1n) is 21.4. The van der Waals surface area contributed by atoms with Crippen LogP contribution < -0.4 is 4.90 Å². The molecular formula is C59H36N2O. The summed E-state index contributed by atoms with van der Waals surface area (Å²) in [4.78, 5) is 2.44. The van der Waals surface area contributed by atoms with Gasteiger partial charge >= 0.3 is 0 Å². The Morgan fingerprint density at radius 1 is 0.371 bits per heavy atom. The van der Waals surface area contributed by atoms with Crippen LogP contribution in [0.3, 0.4) is 0 Å². The number of furan rings is 1. The van der Waals surface area contributed by atoms with Crippen molar-refractivity contribution in [2.45, 2.75) is 5.41 Å². The summed E-state index contributed by atoms with van der Waals surface area (Å²) < 4.78 is 8.81. The van der Waals surface area contributed by atoms with Crippen molar-refractivity contribution in [1.82, 2.24) is 4.57 Å². The van der Waals surface area contributed by atoms with Crippen LogP contribution >= 0.6 is 0 Å². The average molecular weight is 789 g/mol. The van der Waals surface area contributed by atoms with E-state index in [1.165, 1.54) is 77.1 Å². The first-order valence-corrected chi connectivity index (χ1v) is 21.4. The van der Waals surface area contributed by atoms with Crippen LogP contribution in [0.4, 0.5) is 17.1 Å². The van der Waals surface area contributed by atoms with E-state index in [9.17, 15) is 0 Å². The number of benzene rings is 10. The molecular weight excluding hydrogens is 753 g/mol. The van der Waals surface area contributed by atoms with E-state index in [2.05, 4.69) is 222 Å². The molecule has 3 nitrogen and oxygen atoms in total. The van der Waals surface area contributed by atoms with Crippen LogP contribution in [-0.2, 0) is 5.41 Å². The molecule has 0 aliphatic heterocycles. The molecule has 12 aromatic rings. The summed E-state index contributed by atoms with van der Waals surface area (Å²) in [5, 5.41) is 7.39. The summed E-state index contributed by atoms with van der Waals surface area (Å²) in [6, 6.07) is 80.4. The van der Waals surface area contributed by atoms with Crippen molar-refractivity contribution >= 4 is 71.6 Å². The van der Waals surface area contributed by atoms with Gasteiger partial charge in [-0.25, -0.2) is 0 Å². The van der Waals surface area contributed by atoms with Crippen LogP contribution in [-0.4, -0.2) is 4.57 Å². The third-order valence-corrected chi connectivity index (χ3v) is 13.7. The minimum atomic E-state index is -0.576. The lowest BCUT2D eigenvalue weighted by molar-refractivity contribution is 0.669. The van der Waals surface area contributed by atoms with Crippen molar-refractivity contribution in [2.75, 3.05) is 4.90 Å². The van der Waals surface area contributed by atoms with Crippen molar-refractivity contribution in [3.63, 3.8) is 0 Å². The second-order valence-corrected chi connectivity index (χ2v) is 16.8. The molecule has 2 aliphatic rings. The topological polar surface area (TPSA) is 21.3 Å². The number of hydrogen-bond donors (Lipinski definition) is 0. The van der Waals surface area contributed by atoms with E-state index in [0.717, 1.165) is 44.7 Å². The van der Waals surface area contributed by atoms with Gasteiger partial charge in [-0.2, -0.15) is 0 Å². The van der Waals surface area contributed by atoms with Crippen LogP contribution in [0.15, 0.2) is 223 Å². The maximum atomic E-state index is 6.32. The number of hydrogen-bond acceptors (Lipinski definition) is 2. The Morgan fingerprint density at radius 3 is 1.84 bits per heavy atom. The van der Waals surface area contributed by atoms with Crippen molar-refractivity contribution in [2.24, 2.45) is 0 Å². The molecule has 0 unspecified atom stereocenters. The molecule has 0 radical (unpaired) electrons. The molecule has 288 valence electrons. The monoisotopic (exact) mass is 788 g/mol. The van der Waals surface area contributed by atoms with E-state index in [0.29, 0.717) is 0 Å². The lowest BCUT2D eigenvalue weighted by Crippen LogP contribution is -2.31. The van der Waals surface area contributed by atoms with Gasteiger partial charge in [0.2, 0.25) is 0 Å². The first kappa shape index (κ1) is 33.7. The number of nitrogens with zero attached hydrogens (tertiary/aromatic N) is 2. The number of anilines is 3. The third kappa shape index (κ3) is 4.39. The summed E-state index contributed by atoms with van der Waals surface area (Å²) in [6.45, 7) is 0. The maximum absolute atomic E-state index is 6.32. The lowest BCUT2D eigenvalue weighted by atomic mass is 9.63. The van der Waals surface area contributed by atoms with E-state index in [1.54, 1.807) is 0 Å². The van der Waals surface area contributed by atoms with Crippen LogP contribution in [0, 0.1) is 0 Å². The number of rotatable bonds is 5. The molecule has 3 heteroatoms. The Labute approximate surface area is 358 Å². The Morgan fingerprint density at radius 2 is 1.02 bits per heavy atom. The Balaban J connectivity index is 1.12. The van der Waals surface area contributed by atoms with Crippen LogP contribution in [0.25, 0.3) is 82.5 Å². The standard InChI is InChI=1S/C59H36N2O/c1-3-15-37(16-4-1)38-17-13-20-41(33-38)60(40-18-5-2-6-19-40)43-34-39-29-31-53-58-56(39)51(36-43)59(48-24-10-7-21-44(48)45-22-8-11-25-49(45)59)50-26-14-27-52(57(50)58)61(53)42-30-32-55-47(35-42)46-23-9-12-28-54(46)62-55/h1-36H. The van der Waals surface area contributed by atoms with Gasteiger partial charge in [-0.1, -0.05) is 146 Å². The maximum Gasteiger partial charge on any atom is 0.135 e. The minimum Gasteiger partial charge on any atom is -0.456 e. The minimum absolute atomic E-state index is 0.576. The van der Waals surface area contributed by atoms with Gasteiger partial charge in [-0.15, -0.1) is 0 Å². The molecule has 0 saturated carbocycles. The Hall–Kier alpha value is -8.14. The average Bonchev–Trinajstić information content (AvgIpc) is 3.98. The predicted molar refractivity (Wildman–Crippen MR) is 257 cm³/mol. The zero-order valence-electron chi connectivity index (χ0n) is 33.6. The largest absolute Gasteiger partial charge is 0.456 e. The normalized spacial score (nSPS) is 13.3. The van der Waals surface area contributed by atoms with E-state index < -0.39 is 5.41 Å². The quantitative estimate of drug-likeness (QED) is 0.173. The summed E-state index contributed by atoms with van der Waals surface area (Å²) in [6.07, 6.45) is 0. The molecule has 0 bridgehead atoms. The number of fused-ring (bicyclic) bond motifs is 10. The van der Waals surface area contributed by atoms with Gasteiger partial charge in [0.25, 0.3) is 0 Å². The Bertz CT molecular complexity index is 3770. The molecule has 14 rings (SSSR count). The second kappa shape index (κ2) is 12.4. The lowest BCUT2D eigenvalue weighted by Gasteiger charge is -2.39. The SMILES string of the molecule is c1ccc(-c2cccc(N(c3ccccc3)c3cc4c5c(ccc6c5c5c(cccc5n6-c5ccc6oc7ccccc7c6c5)C45c4ccccc4-c4ccccc45)c3)c2)cc1. The molecule has 2 aliphatic carbocycles. The molecule has 2 aromatic heterocycles. The zero-order valence-corrected chi connectivity index (χ0v) is 33.6. The van der Waals surface area contributed by atoms with Crippen molar-refractivity contribution in [3.8, 4) is 27.9 Å². The second-order valence-electron chi connectivity index (χ2n) is 16.8. The Kier molecular flexibility index (Phi) is 6.76. The summed E-state index contributed by atoms with van der Waals surface area (Å²) in [5.41, 5.74) is 18.3. The molecule has 0 amide bonds. The highest BCUT2D eigenvalue weighted by Gasteiger charge is 2.50. The van der Waals surface area contributed by atoms with Gasteiger partial charge < -0.3 is 13.9 Å². The zero-order chi connectivity index (χ0) is 40.5. The molecule has 2 heterocycles. The molecule has 62 heavy (non-hydrogen) atoms. The number of aromatic nitrogens is 1. The predicted octanol–water partition coefficient (Wildman–Crippen LogP) is 15.6. The fourth-order valence-corrected chi connectivity index (χ4v) is 11.3. The van der Waals surface area contributed by atoms with Gasteiger partial charge in [0, 0.05) is 44.3 Å². The highest BCUT2D eigenvalue weighted by Crippen LogP contribution is 2.63. The molecule has 0 saturated heterocycles. The smallest absolute Gasteiger partial charge is 0.135 e. The van der Waals surface area contributed by atoms with Gasteiger partial charge in [0.1, 0.15) is 11.2 Å². The summed E-state index contributed by atoms with van der Waals surface area (Å²) in [7, 11) is 0. The fraction of sp³-hybridized carbons (Fsp3) is 0.0169. The van der Waals surface area contributed by atoms with Gasteiger partial charge in [0.15, 0.2) is 0 Å². The van der Waals surface area contributed by atoms with E-state index in [1.807, 2.05) is 6.07 Å². The molecule has 10 aromatic carbocycles. The van der Waals surface area contributed by atoms with E-state index in [4.69, 9.17) is 4.42 Å². The van der Waals surface area contributed by atoms with Crippen LogP contribution in [0.1, 0.15) is 22.3 Å². The first-order chi connectivity index (χ1) is 30.8. The fourth-order valence-electron chi connectivity index (χ4n) is 11.3. The van der Waals surface area contributed by atoms with Crippen molar-refractivity contribution in [1.29, 1.82) is 0 Å². The van der Waals surface area contributed by atoms with Crippen LogP contribution in [0.5, 0.6) is 0 Å². The molecule has 1 spiro atoms. The van der Waals surface area contributed by atoms with E-state index >= 15 is 0 Å². The summed E-state index contributed by atoms with van der Waals surface area (Å²) in [5.74, 6) is 0.